The predicted octanol–water partition coefficient (Wildman–Crippen LogP) is 2.83. The third-order valence-corrected chi connectivity index (χ3v) is 7.71. The standard InChI is InChI=1S/C21H25N3O5S/c25-24(26)19-5-6-20(21(15-19)30(27,28)23-9-11-29-12-10-23)22-8-7-16-13-17-3-1-2-4-18(17)14-16/h1-6,15-16,22H,7-14H2. The number of rotatable bonds is 7. The second kappa shape index (κ2) is 8.71. The van der Waals surface area contributed by atoms with Crippen molar-refractivity contribution in [3.8, 4) is 0 Å². The lowest BCUT2D eigenvalue weighted by Crippen LogP contribution is -2.40. The number of nitrogens with one attached hydrogen (secondary N) is 1. The molecule has 1 N–H and O–H groups in total. The van der Waals surface area contributed by atoms with E-state index in [1.54, 1.807) is 0 Å². The van der Waals surface area contributed by atoms with E-state index >= 15 is 0 Å². The minimum absolute atomic E-state index is 0.0479. The Kier molecular flexibility index (Phi) is 6.03. The molecule has 2 aliphatic rings. The van der Waals surface area contributed by atoms with Gasteiger partial charge >= 0.3 is 0 Å². The number of benzene rings is 2. The summed E-state index contributed by atoms with van der Waals surface area (Å²) in [5.41, 5.74) is 2.93. The highest BCUT2D eigenvalue weighted by atomic mass is 32.2. The van der Waals surface area contributed by atoms with Crippen molar-refractivity contribution >= 4 is 21.4 Å². The van der Waals surface area contributed by atoms with Crippen LogP contribution in [0.25, 0.3) is 0 Å². The molecule has 9 heteroatoms. The van der Waals surface area contributed by atoms with Crippen LogP contribution in [0.1, 0.15) is 17.5 Å². The molecule has 0 unspecified atom stereocenters. The highest BCUT2D eigenvalue weighted by Crippen LogP contribution is 2.31. The van der Waals surface area contributed by atoms with Gasteiger partial charge in [0.2, 0.25) is 10.0 Å². The SMILES string of the molecule is O=[N+]([O-])c1ccc(NCCC2Cc3ccccc3C2)c(S(=O)(=O)N2CCOCC2)c1. The smallest absolute Gasteiger partial charge is 0.270 e. The minimum atomic E-state index is -3.86. The van der Waals surface area contributed by atoms with Gasteiger partial charge in [-0.1, -0.05) is 24.3 Å². The molecule has 1 saturated heterocycles. The third kappa shape index (κ3) is 4.33. The highest BCUT2D eigenvalue weighted by Gasteiger charge is 2.30. The zero-order valence-corrected chi connectivity index (χ0v) is 17.4. The van der Waals surface area contributed by atoms with E-state index < -0.39 is 14.9 Å². The Balaban J connectivity index is 1.49. The topological polar surface area (TPSA) is 102 Å². The summed E-state index contributed by atoms with van der Waals surface area (Å²) in [6.07, 6.45) is 2.94. The molecule has 4 rings (SSSR count). The van der Waals surface area contributed by atoms with E-state index in [4.69, 9.17) is 4.74 Å². The van der Waals surface area contributed by atoms with Gasteiger partial charge < -0.3 is 10.1 Å². The van der Waals surface area contributed by atoms with Crippen molar-refractivity contribution in [2.75, 3.05) is 38.2 Å². The maximum absolute atomic E-state index is 13.2. The predicted molar refractivity (Wildman–Crippen MR) is 113 cm³/mol. The van der Waals surface area contributed by atoms with Crippen LogP contribution in [-0.4, -0.2) is 50.5 Å². The zero-order chi connectivity index (χ0) is 21.1. The van der Waals surface area contributed by atoms with E-state index in [0.29, 0.717) is 31.4 Å². The van der Waals surface area contributed by atoms with Crippen LogP contribution in [-0.2, 0) is 27.6 Å². The number of hydrogen-bond acceptors (Lipinski definition) is 6. The molecule has 0 aromatic heterocycles. The summed E-state index contributed by atoms with van der Waals surface area (Å²) in [5, 5.41) is 14.4. The largest absolute Gasteiger partial charge is 0.384 e. The molecule has 160 valence electrons. The van der Waals surface area contributed by atoms with Crippen LogP contribution in [0.15, 0.2) is 47.4 Å². The fraction of sp³-hybridized carbons (Fsp3) is 0.429. The van der Waals surface area contributed by atoms with Crippen molar-refractivity contribution in [3.63, 3.8) is 0 Å². The van der Waals surface area contributed by atoms with Gasteiger partial charge in [0.25, 0.3) is 5.69 Å². The van der Waals surface area contributed by atoms with Crippen LogP contribution in [0.3, 0.4) is 0 Å². The number of ether oxygens (including phenoxy) is 1. The molecule has 0 spiro atoms. The van der Waals surface area contributed by atoms with E-state index in [1.807, 2.05) is 0 Å². The monoisotopic (exact) mass is 431 g/mol. The molecule has 8 nitrogen and oxygen atoms in total. The van der Waals surface area contributed by atoms with Crippen LogP contribution < -0.4 is 5.32 Å². The summed E-state index contributed by atoms with van der Waals surface area (Å²) in [6.45, 7) is 1.72. The molecule has 0 saturated carbocycles. The summed E-state index contributed by atoms with van der Waals surface area (Å²) in [6, 6.07) is 12.4. The number of non-ortho nitro benzene ring substituents is 1. The van der Waals surface area contributed by atoms with Crippen molar-refractivity contribution in [1.82, 2.24) is 4.31 Å². The third-order valence-electron chi connectivity index (χ3n) is 5.77. The molecule has 1 aliphatic heterocycles. The Hall–Kier alpha value is -2.49. The molecular formula is C21H25N3O5S. The second-order valence-electron chi connectivity index (χ2n) is 7.71. The summed E-state index contributed by atoms with van der Waals surface area (Å²) < 4.78 is 32.9. The van der Waals surface area contributed by atoms with Gasteiger partial charge in [-0.05, 0) is 42.4 Å². The van der Waals surface area contributed by atoms with Crippen LogP contribution >= 0.6 is 0 Å². The molecule has 2 aromatic carbocycles. The van der Waals surface area contributed by atoms with Crippen LogP contribution in [0.4, 0.5) is 11.4 Å². The van der Waals surface area contributed by atoms with Gasteiger partial charge in [0.1, 0.15) is 4.90 Å². The lowest BCUT2D eigenvalue weighted by Gasteiger charge is -2.27. The van der Waals surface area contributed by atoms with Gasteiger partial charge in [-0.2, -0.15) is 4.31 Å². The van der Waals surface area contributed by atoms with E-state index in [-0.39, 0.29) is 23.7 Å². The molecule has 1 aliphatic carbocycles. The van der Waals surface area contributed by atoms with Gasteiger partial charge in [-0.15, -0.1) is 0 Å². The normalized spacial score (nSPS) is 17.6. The lowest BCUT2D eigenvalue weighted by atomic mass is 10.0. The van der Waals surface area contributed by atoms with Crippen LogP contribution in [0.5, 0.6) is 0 Å². The van der Waals surface area contributed by atoms with Gasteiger partial charge in [0.05, 0.1) is 23.8 Å². The molecule has 1 fully saturated rings. The van der Waals surface area contributed by atoms with Crippen molar-refractivity contribution in [2.24, 2.45) is 5.92 Å². The molecule has 0 atom stereocenters. The number of fused-ring (bicyclic) bond motifs is 1. The quantitative estimate of drug-likeness (QED) is 0.534. The van der Waals surface area contributed by atoms with Gasteiger partial charge in [0, 0.05) is 31.8 Å². The first-order valence-corrected chi connectivity index (χ1v) is 11.6. The Morgan fingerprint density at radius 3 is 2.40 bits per heavy atom. The zero-order valence-electron chi connectivity index (χ0n) is 16.6. The van der Waals surface area contributed by atoms with Crippen molar-refractivity contribution in [3.05, 3.63) is 63.7 Å². The summed E-state index contributed by atoms with van der Waals surface area (Å²) >= 11 is 0. The van der Waals surface area contributed by atoms with Crippen LogP contribution in [0, 0.1) is 16.0 Å². The van der Waals surface area contributed by atoms with Crippen LogP contribution in [0.2, 0.25) is 0 Å². The summed E-state index contributed by atoms with van der Waals surface area (Å²) in [4.78, 5) is 10.6. The first kappa shape index (κ1) is 20.8. The number of nitro benzene ring substituents is 1. The van der Waals surface area contributed by atoms with E-state index in [9.17, 15) is 18.5 Å². The van der Waals surface area contributed by atoms with E-state index in [1.165, 1.54) is 27.6 Å². The number of anilines is 1. The molecule has 30 heavy (non-hydrogen) atoms. The average molecular weight is 432 g/mol. The van der Waals surface area contributed by atoms with E-state index in [0.717, 1.165) is 25.3 Å². The Bertz CT molecular complexity index is 1010. The van der Waals surface area contributed by atoms with Crippen molar-refractivity contribution in [2.45, 2.75) is 24.2 Å². The Morgan fingerprint density at radius 1 is 1.10 bits per heavy atom. The fourth-order valence-electron chi connectivity index (χ4n) is 4.18. The number of sulfonamides is 1. The molecule has 1 heterocycles. The summed E-state index contributed by atoms with van der Waals surface area (Å²) in [7, 11) is -3.86. The number of hydrogen-bond donors (Lipinski definition) is 1. The Morgan fingerprint density at radius 2 is 1.77 bits per heavy atom. The van der Waals surface area contributed by atoms with Crippen molar-refractivity contribution < 1.29 is 18.1 Å². The number of nitro groups is 1. The molecule has 0 amide bonds. The average Bonchev–Trinajstić information content (AvgIpc) is 3.17. The van der Waals surface area contributed by atoms with E-state index in [2.05, 4.69) is 29.6 Å². The maximum atomic E-state index is 13.2. The molecular weight excluding hydrogens is 406 g/mol. The maximum Gasteiger partial charge on any atom is 0.270 e. The molecule has 0 bridgehead atoms. The second-order valence-corrected chi connectivity index (χ2v) is 9.62. The highest BCUT2D eigenvalue weighted by molar-refractivity contribution is 7.89. The molecule has 0 radical (unpaired) electrons. The fourth-order valence-corrected chi connectivity index (χ4v) is 5.77. The van der Waals surface area contributed by atoms with Crippen molar-refractivity contribution in [1.29, 1.82) is 0 Å². The first-order valence-electron chi connectivity index (χ1n) is 10.1. The van der Waals surface area contributed by atoms with Gasteiger partial charge in [-0.3, -0.25) is 10.1 Å². The number of nitrogens with zero attached hydrogens (tertiary/aromatic N) is 2. The van der Waals surface area contributed by atoms with Gasteiger partial charge in [0.15, 0.2) is 0 Å². The number of morpholine rings is 1. The van der Waals surface area contributed by atoms with Gasteiger partial charge in [-0.25, -0.2) is 8.42 Å². The lowest BCUT2D eigenvalue weighted by molar-refractivity contribution is -0.385. The minimum Gasteiger partial charge on any atom is -0.384 e. The summed E-state index contributed by atoms with van der Waals surface area (Å²) in [5.74, 6) is 0.507. The first-order chi connectivity index (χ1) is 14.4. The Labute approximate surface area is 176 Å². The molecule has 2 aromatic rings.